The Morgan fingerprint density at radius 1 is 1.29 bits per heavy atom. The Morgan fingerprint density at radius 2 is 1.79 bits per heavy atom. The van der Waals surface area contributed by atoms with Crippen molar-refractivity contribution in [2.24, 2.45) is 0 Å². The molecule has 0 fully saturated rings. The van der Waals surface area contributed by atoms with Crippen LogP contribution in [0.1, 0.15) is 20.8 Å². The first-order valence-electron chi connectivity index (χ1n) is 4.52. The molecule has 76 valence electrons. The number of hydrogen-bond acceptors (Lipinski definition) is 1. The van der Waals surface area contributed by atoms with Crippen molar-refractivity contribution >= 4 is 15.9 Å². The summed E-state index contributed by atoms with van der Waals surface area (Å²) in [6.45, 7) is 9.90. The third-order valence-electron chi connectivity index (χ3n) is 2.21. The van der Waals surface area contributed by atoms with Gasteiger partial charge < -0.3 is 4.74 Å². The lowest BCUT2D eigenvalue weighted by Gasteiger charge is -2.26. The second-order valence-electron chi connectivity index (χ2n) is 3.85. The molecule has 0 aliphatic rings. The monoisotopic (exact) mass is 254 g/mol. The summed E-state index contributed by atoms with van der Waals surface area (Å²) >= 11 is 3.38. The molecule has 0 spiro atoms. The lowest BCUT2D eigenvalue weighted by molar-refractivity contribution is 0.149. The van der Waals surface area contributed by atoms with Crippen LogP contribution in [0.4, 0.5) is 0 Å². The summed E-state index contributed by atoms with van der Waals surface area (Å²) < 4.78 is 6.85. The summed E-state index contributed by atoms with van der Waals surface area (Å²) in [6.07, 6.45) is 0. The SMILES string of the molecule is C=C(C)C(C)(C)Oc1ccc(Br)cc1. The Hall–Kier alpha value is -0.760. The van der Waals surface area contributed by atoms with E-state index in [1.54, 1.807) is 0 Å². The summed E-state index contributed by atoms with van der Waals surface area (Å²) in [5.41, 5.74) is 0.703. The maximum absolute atomic E-state index is 5.80. The largest absolute Gasteiger partial charge is 0.484 e. The minimum atomic E-state index is -0.312. The Kier molecular flexibility index (Phi) is 3.38. The summed E-state index contributed by atoms with van der Waals surface area (Å²) in [5.74, 6) is 0.862. The molecule has 1 nitrogen and oxygen atoms in total. The number of halogens is 1. The zero-order valence-corrected chi connectivity index (χ0v) is 10.4. The molecule has 0 aliphatic carbocycles. The van der Waals surface area contributed by atoms with Crippen LogP contribution in [0.2, 0.25) is 0 Å². The van der Waals surface area contributed by atoms with Crippen molar-refractivity contribution in [3.8, 4) is 5.75 Å². The molecule has 1 aromatic carbocycles. The van der Waals surface area contributed by atoms with Crippen molar-refractivity contribution < 1.29 is 4.74 Å². The molecule has 0 atom stereocenters. The highest BCUT2D eigenvalue weighted by atomic mass is 79.9. The van der Waals surface area contributed by atoms with Crippen molar-refractivity contribution in [1.29, 1.82) is 0 Å². The van der Waals surface area contributed by atoms with E-state index in [1.165, 1.54) is 0 Å². The van der Waals surface area contributed by atoms with Crippen molar-refractivity contribution in [3.05, 3.63) is 40.9 Å². The van der Waals surface area contributed by atoms with Gasteiger partial charge in [-0.25, -0.2) is 0 Å². The average Bonchev–Trinajstić information content (AvgIpc) is 2.08. The first-order valence-corrected chi connectivity index (χ1v) is 5.32. The first kappa shape index (κ1) is 11.3. The van der Waals surface area contributed by atoms with Gasteiger partial charge in [0.15, 0.2) is 0 Å². The Labute approximate surface area is 93.9 Å². The molecule has 0 saturated heterocycles. The fourth-order valence-corrected chi connectivity index (χ4v) is 1.15. The van der Waals surface area contributed by atoms with E-state index in [0.717, 1.165) is 15.8 Å². The van der Waals surface area contributed by atoms with Crippen LogP contribution in [0.3, 0.4) is 0 Å². The zero-order valence-electron chi connectivity index (χ0n) is 8.80. The van der Waals surface area contributed by atoms with Crippen LogP contribution >= 0.6 is 15.9 Å². The van der Waals surface area contributed by atoms with Crippen LogP contribution in [0.5, 0.6) is 5.75 Å². The predicted octanol–water partition coefficient (Wildman–Crippen LogP) is 4.18. The van der Waals surface area contributed by atoms with Crippen molar-refractivity contribution in [1.82, 2.24) is 0 Å². The molecule has 0 aliphatic heterocycles. The average molecular weight is 255 g/mol. The Morgan fingerprint density at radius 3 is 2.21 bits per heavy atom. The van der Waals surface area contributed by atoms with E-state index < -0.39 is 0 Å². The van der Waals surface area contributed by atoms with Gasteiger partial charge in [0, 0.05) is 4.47 Å². The standard InChI is InChI=1S/C12H15BrO/c1-9(2)12(3,4)14-11-7-5-10(13)6-8-11/h5-8H,1H2,2-4H3. The van der Waals surface area contributed by atoms with Crippen LogP contribution in [0.15, 0.2) is 40.9 Å². The van der Waals surface area contributed by atoms with E-state index in [1.807, 2.05) is 45.0 Å². The van der Waals surface area contributed by atoms with Crippen molar-refractivity contribution in [3.63, 3.8) is 0 Å². The maximum Gasteiger partial charge on any atom is 0.124 e. The van der Waals surface area contributed by atoms with E-state index in [4.69, 9.17) is 4.74 Å². The highest BCUT2D eigenvalue weighted by Gasteiger charge is 2.20. The number of benzene rings is 1. The fourth-order valence-electron chi connectivity index (χ4n) is 0.884. The quantitative estimate of drug-likeness (QED) is 0.736. The maximum atomic E-state index is 5.80. The molecule has 1 rings (SSSR count). The van der Waals surface area contributed by atoms with Gasteiger partial charge in [-0.1, -0.05) is 22.5 Å². The van der Waals surface area contributed by atoms with Gasteiger partial charge in [-0.05, 0) is 50.6 Å². The molecule has 0 unspecified atom stereocenters. The molecule has 0 radical (unpaired) electrons. The Bertz CT molecular complexity index is 325. The highest BCUT2D eigenvalue weighted by molar-refractivity contribution is 9.10. The van der Waals surface area contributed by atoms with Gasteiger partial charge in [-0.15, -0.1) is 0 Å². The predicted molar refractivity (Wildman–Crippen MR) is 63.7 cm³/mol. The Balaban J connectivity index is 2.79. The smallest absolute Gasteiger partial charge is 0.124 e. The number of rotatable bonds is 3. The molecule has 0 aromatic heterocycles. The fraction of sp³-hybridized carbons (Fsp3) is 0.333. The van der Waals surface area contributed by atoms with Crippen molar-refractivity contribution in [2.75, 3.05) is 0 Å². The molecule has 1 aromatic rings. The summed E-state index contributed by atoms with van der Waals surface area (Å²) in [6, 6.07) is 7.80. The van der Waals surface area contributed by atoms with E-state index in [2.05, 4.69) is 22.5 Å². The van der Waals surface area contributed by atoms with Crippen molar-refractivity contribution in [2.45, 2.75) is 26.4 Å². The summed E-state index contributed by atoms with van der Waals surface area (Å²) in [5, 5.41) is 0. The zero-order chi connectivity index (χ0) is 10.8. The minimum absolute atomic E-state index is 0.312. The summed E-state index contributed by atoms with van der Waals surface area (Å²) in [7, 11) is 0. The van der Waals surface area contributed by atoms with E-state index >= 15 is 0 Å². The van der Waals surface area contributed by atoms with Crippen LogP contribution in [0.25, 0.3) is 0 Å². The third kappa shape index (κ3) is 2.88. The topological polar surface area (TPSA) is 9.23 Å². The molecule has 14 heavy (non-hydrogen) atoms. The van der Waals surface area contributed by atoms with Gasteiger partial charge in [-0.3, -0.25) is 0 Å². The van der Waals surface area contributed by atoms with Gasteiger partial charge in [0.2, 0.25) is 0 Å². The van der Waals surface area contributed by atoms with E-state index in [-0.39, 0.29) is 5.60 Å². The van der Waals surface area contributed by atoms with Gasteiger partial charge in [0.05, 0.1) is 0 Å². The molecule has 2 heteroatoms. The number of hydrogen-bond donors (Lipinski definition) is 0. The van der Waals surface area contributed by atoms with Crippen LogP contribution in [-0.4, -0.2) is 5.60 Å². The third-order valence-corrected chi connectivity index (χ3v) is 2.74. The molecule has 0 saturated carbocycles. The van der Waals surface area contributed by atoms with Gasteiger partial charge in [0.25, 0.3) is 0 Å². The molecule has 0 amide bonds. The molecule has 0 heterocycles. The molecule has 0 N–H and O–H groups in total. The molecular formula is C12H15BrO. The van der Waals surface area contributed by atoms with Gasteiger partial charge in [0.1, 0.15) is 11.4 Å². The van der Waals surface area contributed by atoms with Crippen LogP contribution < -0.4 is 4.74 Å². The molecular weight excluding hydrogens is 240 g/mol. The lowest BCUT2D eigenvalue weighted by atomic mass is 10.0. The summed E-state index contributed by atoms with van der Waals surface area (Å²) in [4.78, 5) is 0. The lowest BCUT2D eigenvalue weighted by Crippen LogP contribution is -2.28. The normalized spacial score (nSPS) is 11.1. The van der Waals surface area contributed by atoms with Crippen LogP contribution in [0, 0.1) is 0 Å². The second-order valence-corrected chi connectivity index (χ2v) is 4.76. The van der Waals surface area contributed by atoms with E-state index in [9.17, 15) is 0 Å². The van der Waals surface area contributed by atoms with Gasteiger partial charge in [-0.2, -0.15) is 0 Å². The highest BCUT2D eigenvalue weighted by Crippen LogP contribution is 2.24. The first-order chi connectivity index (χ1) is 6.42. The van der Waals surface area contributed by atoms with Gasteiger partial charge >= 0.3 is 0 Å². The molecule has 0 bridgehead atoms. The second kappa shape index (κ2) is 4.18. The minimum Gasteiger partial charge on any atom is -0.484 e. The number of ether oxygens (including phenoxy) is 1. The van der Waals surface area contributed by atoms with E-state index in [0.29, 0.717) is 0 Å². The van der Waals surface area contributed by atoms with Crippen LogP contribution in [-0.2, 0) is 0 Å².